The molecule has 1 heterocycles. The molecule has 2 aromatic rings. The number of nitrogens with two attached hydrogens (primary N) is 1. The molecule has 1 aromatic carbocycles. The number of nitro groups is 1. The van der Waals surface area contributed by atoms with Gasteiger partial charge in [0, 0.05) is 18.2 Å². The summed E-state index contributed by atoms with van der Waals surface area (Å²) >= 11 is 0. The molecule has 0 amide bonds. The van der Waals surface area contributed by atoms with Crippen molar-refractivity contribution in [1.82, 2.24) is 9.78 Å². The fourth-order valence-electron chi connectivity index (χ4n) is 1.40. The Morgan fingerprint density at radius 2 is 2.24 bits per heavy atom. The molecule has 0 fully saturated rings. The van der Waals surface area contributed by atoms with Crippen molar-refractivity contribution in [2.75, 3.05) is 5.73 Å². The van der Waals surface area contributed by atoms with E-state index in [-0.39, 0.29) is 17.2 Å². The zero-order chi connectivity index (χ0) is 12.4. The van der Waals surface area contributed by atoms with E-state index in [1.807, 2.05) is 6.07 Å². The van der Waals surface area contributed by atoms with Gasteiger partial charge in [-0.1, -0.05) is 6.07 Å². The van der Waals surface area contributed by atoms with Gasteiger partial charge in [0.15, 0.2) is 5.69 Å². The van der Waals surface area contributed by atoms with E-state index in [1.165, 1.54) is 28.9 Å². The molecule has 0 aliphatic heterocycles. The summed E-state index contributed by atoms with van der Waals surface area (Å²) in [5.74, 6) is 0.252. The van der Waals surface area contributed by atoms with Crippen LogP contribution in [0.3, 0.4) is 0 Å². The number of non-ortho nitro benzene ring substituents is 1. The molecule has 17 heavy (non-hydrogen) atoms. The molecule has 0 unspecified atom stereocenters. The highest BCUT2D eigenvalue weighted by molar-refractivity contribution is 5.49. The van der Waals surface area contributed by atoms with E-state index < -0.39 is 4.92 Å². The second-order valence-corrected chi connectivity index (χ2v) is 3.26. The highest BCUT2D eigenvalue weighted by Gasteiger charge is 2.10. The summed E-state index contributed by atoms with van der Waals surface area (Å²) in [4.78, 5) is 10.1. The Morgan fingerprint density at radius 3 is 2.82 bits per heavy atom. The van der Waals surface area contributed by atoms with E-state index in [4.69, 9.17) is 11.0 Å². The van der Waals surface area contributed by atoms with E-state index in [9.17, 15) is 10.1 Å². The number of nitrogen functional groups attached to an aromatic ring is 1. The first-order chi connectivity index (χ1) is 8.11. The Labute approximate surface area is 95.8 Å². The normalized spacial score (nSPS) is 9.82. The van der Waals surface area contributed by atoms with Crippen molar-refractivity contribution in [2.24, 2.45) is 0 Å². The van der Waals surface area contributed by atoms with Crippen LogP contribution in [0.15, 0.2) is 30.3 Å². The van der Waals surface area contributed by atoms with Crippen LogP contribution >= 0.6 is 0 Å². The van der Waals surface area contributed by atoms with Crippen molar-refractivity contribution >= 4 is 11.5 Å². The number of nitro benzene ring substituents is 1. The maximum atomic E-state index is 10.6. The Kier molecular flexibility index (Phi) is 2.46. The van der Waals surface area contributed by atoms with E-state index in [1.54, 1.807) is 6.07 Å². The second-order valence-electron chi connectivity index (χ2n) is 3.26. The molecular formula is C10H7N5O2. The fraction of sp³-hybridized carbons (Fsp3) is 0. The van der Waals surface area contributed by atoms with Crippen molar-refractivity contribution in [3.63, 3.8) is 0 Å². The molecule has 0 saturated heterocycles. The Morgan fingerprint density at radius 1 is 1.47 bits per heavy atom. The van der Waals surface area contributed by atoms with Gasteiger partial charge in [-0.2, -0.15) is 10.4 Å². The lowest BCUT2D eigenvalue weighted by Gasteiger charge is -2.02. The minimum Gasteiger partial charge on any atom is -0.384 e. The molecule has 0 bridgehead atoms. The van der Waals surface area contributed by atoms with Crippen LogP contribution in [0.1, 0.15) is 5.69 Å². The van der Waals surface area contributed by atoms with Gasteiger partial charge in [0.25, 0.3) is 5.69 Å². The standard InChI is InChI=1S/C10H7N5O2/c11-6-7-4-10(12)14(13-7)8-2-1-3-9(5-8)15(16)17/h1-5H,12H2. The van der Waals surface area contributed by atoms with E-state index in [0.717, 1.165) is 0 Å². The molecule has 0 saturated carbocycles. The molecular weight excluding hydrogens is 222 g/mol. The van der Waals surface area contributed by atoms with Gasteiger partial charge in [0.05, 0.1) is 10.6 Å². The van der Waals surface area contributed by atoms with Gasteiger partial charge in [-0.3, -0.25) is 10.1 Å². The van der Waals surface area contributed by atoms with Crippen molar-refractivity contribution in [3.05, 3.63) is 46.1 Å². The third kappa shape index (κ3) is 1.91. The van der Waals surface area contributed by atoms with Crippen molar-refractivity contribution in [1.29, 1.82) is 5.26 Å². The first-order valence-electron chi connectivity index (χ1n) is 4.62. The lowest BCUT2D eigenvalue weighted by Crippen LogP contribution is -2.02. The van der Waals surface area contributed by atoms with Crippen LogP contribution in [0.25, 0.3) is 5.69 Å². The van der Waals surface area contributed by atoms with Crippen molar-refractivity contribution < 1.29 is 4.92 Å². The average Bonchev–Trinajstić information content (AvgIpc) is 2.71. The highest BCUT2D eigenvalue weighted by atomic mass is 16.6. The van der Waals surface area contributed by atoms with Crippen LogP contribution < -0.4 is 5.73 Å². The number of anilines is 1. The van der Waals surface area contributed by atoms with Gasteiger partial charge in [0.1, 0.15) is 11.9 Å². The Hall–Kier alpha value is -2.88. The van der Waals surface area contributed by atoms with Crippen molar-refractivity contribution in [3.8, 4) is 11.8 Å². The smallest absolute Gasteiger partial charge is 0.271 e. The molecule has 2 N–H and O–H groups in total. The monoisotopic (exact) mass is 229 g/mol. The van der Waals surface area contributed by atoms with E-state index in [0.29, 0.717) is 5.69 Å². The number of nitrogens with zero attached hydrogens (tertiary/aromatic N) is 4. The molecule has 2 rings (SSSR count). The zero-order valence-electron chi connectivity index (χ0n) is 8.57. The SMILES string of the molecule is N#Cc1cc(N)n(-c2cccc([N+](=O)[O-])c2)n1. The number of hydrogen-bond acceptors (Lipinski definition) is 5. The molecule has 0 aliphatic rings. The summed E-state index contributed by atoms with van der Waals surface area (Å²) < 4.78 is 1.28. The van der Waals surface area contributed by atoms with Crippen LogP contribution in [0, 0.1) is 21.4 Å². The Balaban J connectivity index is 2.53. The van der Waals surface area contributed by atoms with Gasteiger partial charge in [-0.25, -0.2) is 4.68 Å². The zero-order valence-corrected chi connectivity index (χ0v) is 8.57. The van der Waals surface area contributed by atoms with Crippen LogP contribution in [-0.4, -0.2) is 14.7 Å². The summed E-state index contributed by atoms with van der Waals surface area (Å²) in [5.41, 5.74) is 6.20. The molecule has 7 heteroatoms. The minimum absolute atomic E-state index is 0.0593. The summed E-state index contributed by atoms with van der Waals surface area (Å²) in [5, 5.41) is 23.2. The second kappa shape index (κ2) is 3.94. The van der Waals surface area contributed by atoms with Gasteiger partial charge in [-0.05, 0) is 6.07 Å². The van der Waals surface area contributed by atoms with Crippen LogP contribution in [-0.2, 0) is 0 Å². The predicted octanol–water partition coefficient (Wildman–Crippen LogP) is 1.23. The van der Waals surface area contributed by atoms with Crippen LogP contribution in [0.2, 0.25) is 0 Å². The lowest BCUT2D eigenvalue weighted by molar-refractivity contribution is -0.384. The Bertz CT molecular complexity index is 626. The quantitative estimate of drug-likeness (QED) is 0.615. The largest absolute Gasteiger partial charge is 0.384 e. The van der Waals surface area contributed by atoms with Gasteiger partial charge in [-0.15, -0.1) is 0 Å². The van der Waals surface area contributed by atoms with Gasteiger partial charge >= 0.3 is 0 Å². The van der Waals surface area contributed by atoms with Gasteiger partial charge in [0.2, 0.25) is 0 Å². The number of rotatable bonds is 2. The summed E-state index contributed by atoms with van der Waals surface area (Å²) in [6.07, 6.45) is 0. The molecule has 0 aliphatic carbocycles. The number of hydrogen-bond donors (Lipinski definition) is 1. The van der Waals surface area contributed by atoms with Crippen molar-refractivity contribution in [2.45, 2.75) is 0 Å². The molecule has 7 nitrogen and oxygen atoms in total. The first kappa shape index (κ1) is 10.6. The summed E-state index contributed by atoms with van der Waals surface area (Å²) in [6.45, 7) is 0. The van der Waals surface area contributed by atoms with Crippen LogP contribution in [0.4, 0.5) is 11.5 Å². The molecule has 1 aromatic heterocycles. The third-order valence-corrected chi connectivity index (χ3v) is 2.14. The molecule has 0 spiro atoms. The number of nitriles is 1. The predicted molar refractivity (Wildman–Crippen MR) is 59.3 cm³/mol. The van der Waals surface area contributed by atoms with Gasteiger partial charge < -0.3 is 5.73 Å². The molecule has 0 atom stereocenters. The van der Waals surface area contributed by atoms with E-state index in [2.05, 4.69) is 5.10 Å². The van der Waals surface area contributed by atoms with E-state index >= 15 is 0 Å². The summed E-state index contributed by atoms with van der Waals surface area (Å²) in [6, 6.07) is 9.11. The lowest BCUT2D eigenvalue weighted by atomic mass is 10.3. The first-order valence-corrected chi connectivity index (χ1v) is 4.62. The fourth-order valence-corrected chi connectivity index (χ4v) is 1.40. The summed E-state index contributed by atoms with van der Waals surface area (Å²) in [7, 11) is 0. The van der Waals surface area contributed by atoms with Crippen LogP contribution in [0.5, 0.6) is 0 Å². The maximum absolute atomic E-state index is 10.6. The minimum atomic E-state index is -0.506. The molecule has 0 radical (unpaired) electrons. The molecule has 84 valence electrons. The third-order valence-electron chi connectivity index (χ3n) is 2.14. The maximum Gasteiger partial charge on any atom is 0.271 e. The number of benzene rings is 1. The number of aromatic nitrogens is 2. The highest BCUT2D eigenvalue weighted by Crippen LogP contribution is 2.19. The average molecular weight is 229 g/mol. The topological polar surface area (TPSA) is 111 Å².